The van der Waals surface area contributed by atoms with E-state index in [1.54, 1.807) is 0 Å². The topological polar surface area (TPSA) is 35.2 Å². The van der Waals surface area contributed by atoms with E-state index in [0.29, 0.717) is 5.70 Å². The molecule has 0 fully saturated rings. The van der Waals surface area contributed by atoms with Gasteiger partial charge in [-0.2, -0.15) is 0 Å². The van der Waals surface area contributed by atoms with Gasteiger partial charge in [-0.05, 0) is 6.42 Å². The number of hydrogen-bond acceptors (Lipinski definition) is 2. The first kappa shape index (κ1) is 9.50. The molecule has 0 aromatic carbocycles. The van der Waals surface area contributed by atoms with Gasteiger partial charge in [-0.3, -0.25) is 0 Å². The first-order valence-electron chi connectivity index (χ1n) is 3.78. The van der Waals surface area contributed by atoms with Gasteiger partial charge in [-0.1, -0.05) is 19.9 Å². The molecule has 0 heterocycles. The van der Waals surface area contributed by atoms with Gasteiger partial charge in [-0.15, -0.1) is 0 Å². The largest absolute Gasteiger partial charge is 0.402 e. The van der Waals surface area contributed by atoms with Crippen LogP contribution in [0.1, 0.15) is 26.2 Å². The van der Waals surface area contributed by atoms with Gasteiger partial charge in [0.1, 0.15) is 0 Å². The smallest absolute Gasteiger partial charge is 0.0520 e. The van der Waals surface area contributed by atoms with E-state index in [-0.39, 0.29) is 0 Å². The van der Waals surface area contributed by atoms with Crippen LogP contribution in [0.15, 0.2) is 12.3 Å². The molecule has 2 N–H and O–H groups in total. The highest BCUT2D eigenvalue weighted by molar-refractivity contribution is 4.84. The molecule has 0 aromatic rings. The summed E-state index contributed by atoms with van der Waals surface area (Å²) in [4.78, 5) is 0. The van der Waals surface area contributed by atoms with Gasteiger partial charge < -0.3 is 10.5 Å². The standard InChI is InChI=1S/C8H17NO/c1-3-4-6-10-7-5-8(2)9/h2-7,9H2,1H3. The third-order valence-corrected chi connectivity index (χ3v) is 1.21. The van der Waals surface area contributed by atoms with Gasteiger partial charge in [0.2, 0.25) is 0 Å². The van der Waals surface area contributed by atoms with Crippen molar-refractivity contribution in [1.29, 1.82) is 0 Å². The van der Waals surface area contributed by atoms with Crippen LogP contribution in [0.5, 0.6) is 0 Å². The van der Waals surface area contributed by atoms with Crippen molar-refractivity contribution in [3.8, 4) is 0 Å². The fourth-order valence-electron chi connectivity index (χ4n) is 0.552. The lowest BCUT2D eigenvalue weighted by atomic mass is 10.3. The van der Waals surface area contributed by atoms with Crippen molar-refractivity contribution in [2.45, 2.75) is 26.2 Å². The molecule has 0 unspecified atom stereocenters. The second-order valence-electron chi connectivity index (χ2n) is 2.37. The Hall–Kier alpha value is -0.500. The van der Waals surface area contributed by atoms with Gasteiger partial charge in [0.15, 0.2) is 0 Å². The van der Waals surface area contributed by atoms with Crippen molar-refractivity contribution >= 4 is 0 Å². The second-order valence-corrected chi connectivity index (χ2v) is 2.37. The summed E-state index contributed by atoms with van der Waals surface area (Å²) < 4.78 is 5.24. The van der Waals surface area contributed by atoms with Crippen LogP contribution in [-0.2, 0) is 4.74 Å². The highest BCUT2D eigenvalue weighted by Crippen LogP contribution is 1.92. The van der Waals surface area contributed by atoms with Gasteiger partial charge in [0.05, 0.1) is 6.61 Å². The van der Waals surface area contributed by atoms with Crippen LogP contribution in [0.3, 0.4) is 0 Å². The lowest BCUT2D eigenvalue weighted by molar-refractivity contribution is 0.134. The molecule has 0 aliphatic rings. The van der Waals surface area contributed by atoms with Crippen LogP contribution < -0.4 is 5.73 Å². The van der Waals surface area contributed by atoms with Crippen LogP contribution in [-0.4, -0.2) is 13.2 Å². The molecule has 0 atom stereocenters. The zero-order valence-electron chi connectivity index (χ0n) is 6.73. The summed E-state index contributed by atoms with van der Waals surface area (Å²) >= 11 is 0. The highest BCUT2D eigenvalue weighted by Gasteiger charge is 1.87. The van der Waals surface area contributed by atoms with E-state index < -0.39 is 0 Å². The van der Waals surface area contributed by atoms with E-state index in [9.17, 15) is 0 Å². The first-order valence-corrected chi connectivity index (χ1v) is 3.78. The number of nitrogens with two attached hydrogens (primary N) is 1. The first-order chi connectivity index (χ1) is 4.77. The van der Waals surface area contributed by atoms with E-state index in [1.807, 2.05) is 0 Å². The summed E-state index contributed by atoms with van der Waals surface area (Å²) in [5.74, 6) is 0. The zero-order chi connectivity index (χ0) is 7.82. The van der Waals surface area contributed by atoms with Gasteiger partial charge in [-0.25, -0.2) is 0 Å². The lowest BCUT2D eigenvalue weighted by Gasteiger charge is -2.01. The molecule has 0 radical (unpaired) electrons. The van der Waals surface area contributed by atoms with Gasteiger partial charge in [0.25, 0.3) is 0 Å². The Bertz CT molecular complexity index is 91.3. The minimum Gasteiger partial charge on any atom is -0.402 e. The maximum Gasteiger partial charge on any atom is 0.0520 e. The molecule has 0 aromatic heterocycles. The number of hydrogen-bond donors (Lipinski definition) is 1. The van der Waals surface area contributed by atoms with Crippen LogP contribution in [0.2, 0.25) is 0 Å². The van der Waals surface area contributed by atoms with Crippen molar-refractivity contribution in [3.63, 3.8) is 0 Å². The molecule has 0 amide bonds. The number of unbranched alkanes of at least 4 members (excludes halogenated alkanes) is 1. The molecular weight excluding hydrogens is 126 g/mol. The summed E-state index contributed by atoms with van der Waals surface area (Å²) in [7, 11) is 0. The maximum absolute atomic E-state index is 5.33. The average Bonchev–Trinajstić information content (AvgIpc) is 1.87. The van der Waals surface area contributed by atoms with E-state index in [2.05, 4.69) is 13.5 Å². The molecule has 0 bridgehead atoms. The van der Waals surface area contributed by atoms with Crippen molar-refractivity contribution in [2.24, 2.45) is 5.73 Å². The summed E-state index contributed by atoms with van der Waals surface area (Å²) in [5, 5.41) is 0. The Kier molecular flexibility index (Phi) is 6.29. The Morgan fingerprint density at radius 3 is 2.70 bits per heavy atom. The molecule has 2 heteroatoms. The maximum atomic E-state index is 5.33. The summed E-state index contributed by atoms with van der Waals surface area (Å²) in [6, 6.07) is 0. The van der Waals surface area contributed by atoms with Crippen molar-refractivity contribution in [2.75, 3.05) is 13.2 Å². The second kappa shape index (κ2) is 6.62. The molecule has 0 saturated carbocycles. The lowest BCUT2D eigenvalue weighted by Crippen LogP contribution is -2.02. The fraction of sp³-hybridized carbons (Fsp3) is 0.750. The zero-order valence-corrected chi connectivity index (χ0v) is 6.73. The summed E-state index contributed by atoms with van der Waals surface area (Å²) in [6.07, 6.45) is 3.10. The molecular formula is C8H17NO. The summed E-state index contributed by atoms with van der Waals surface area (Å²) in [6.45, 7) is 7.28. The quantitative estimate of drug-likeness (QED) is 0.574. The Labute approximate surface area is 63.1 Å². The van der Waals surface area contributed by atoms with E-state index in [1.165, 1.54) is 6.42 Å². The summed E-state index contributed by atoms with van der Waals surface area (Å²) in [5.41, 5.74) is 6.04. The Morgan fingerprint density at radius 2 is 2.20 bits per heavy atom. The Balaban J connectivity index is 2.84. The van der Waals surface area contributed by atoms with Crippen molar-refractivity contribution in [3.05, 3.63) is 12.3 Å². The van der Waals surface area contributed by atoms with Crippen molar-refractivity contribution < 1.29 is 4.74 Å². The number of ether oxygens (including phenoxy) is 1. The SMILES string of the molecule is C=C(N)CCOCCCC. The van der Waals surface area contributed by atoms with Crippen LogP contribution >= 0.6 is 0 Å². The average molecular weight is 143 g/mol. The van der Waals surface area contributed by atoms with Crippen molar-refractivity contribution in [1.82, 2.24) is 0 Å². The van der Waals surface area contributed by atoms with Crippen LogP contribution in [0.25, 0.3) is 0 Å². The molecule has 2 nitrogen and oxygen atoms in total. The fourth-order valence-corrected chi connectivity index (χ4v) is 0.552. The third-order valence-electron chi connectivity index (χ3n) is 1.21. The van der Waals surface area contributed by atoms with E-state index in [4.69, 9.17) is 10.5 Å². The van der Waals surface area contributed by atoms with Gasteiger partial charge in [0, 0.05) is 18.7 Å². The molecule has 0 saturated heterocycles. The monoisotopic (exact) mass is 143 g/mol. The van der Waals surface area contributed by atoms with Crippen LogP contribution in [0, 0.1) is 0 Å². The van der Waals surface area contributed by atoms with Crippen LogP contribution in [0.4, 0.5) is 0 Å². The third kappa shape index (κ3) is 7.50. The highest BCUT2D eigenvalue weighted by atomic mass is 16.5. The number of rotatable bonds is 6. The minimum absolute atomic E-state index is 0.705. The van der Waals surface area contributed by atoms with E-state index >= 15 is 0 Å². The molecule has 0 aliphatic heterocycles. The van der Waals surface area contributed by atoms with Gasteiger partial charge >= 0.3 is 0 Å². The van der Waals surface area contributed by atoms with E-state index in [0.717, 1.165) is 26.1 Å². The molecule has 10 heavy (non-hydrogen) atoms. The predicted octanol–water partition coefficient (Wildman–Crippen LogP) is 1.67. The Morgan fingerprint density at radius 1 is 1.50 bits per heavy atom. The molecule has 0 aliphatic carbocycles. The predicted molar refractivity (Wildman–Crippen MR) is 43.7 cm³/mol. The molecule has 0 spiro atoms. The minimum atomic E-state index is 0.705. The molecule has 60 valence electrons. The normalized spacial score (nSPS) is 9.70. The molecule has 0 rings (SSSR count).